The summed E-state index contributed by atoms with van der Waals surface area (Å²) in [6.07, 6.45) is 0. The first-order valence-electron chi connectivity index (χ1n) is 4.83. The number of benzene rings is 1. The average Bonchev–Trinajstić information content (AvgIpc) is 2.23. The summed E-state index contributed by atoms with van der Waals surface area (Å²) in [5, 5.41) is 2.62. The Hall–Kier alpha value is -0.650. The smallest absolute Gasteiger partial charge is 0.231 e. The van der Waals surface area contributed by atoms with E-state index in [1.807, 2.05) is 0 Å². The molecule has 6 heteroatoms. The van der Waals surface area contributed by atoms with Crippen LogP contribution in [0.4, 0.5) is 10.1 Å². The van der Waals surface area contributed by atoms with Gasteiger partial charge in [0, 0.05) is 12.2 Å². The summed E-state index contributed by atoms with van der Waals surface area (Å²) >= 11 is 3.04. The van der Waals surface area contributed by atoms with Crippen molar-refractivity contribution in [1.29, 1.82) is 0 Å². The normalized spacial score (nSPS) is 10.6. The van der Waals surface area contributed by atoms with Crippen molar-refractivity contribution >= 4 is 39.9 Å². The van der Waals surface area contributed by atoms with E-state index in [2.05, 4.69) is 21.2 Å². The molecule has 1 aromatic rings. The third kappa shape index (κ3) is 4.26. The van der Waals surface area contributed by atoms with Gasteiger partial charge in [-0.1, -0.05) is 0 Å². The summed E-state index contributed by atoms with van der Waals surface area (Å²) in [6, 6.07) is 4.42. The van der Waals surface area contributed by atoms with Gasteiger partial charge in [0.05, 0.1) is 9.89 Å². The molecule has 0 radical (unpaired) electrons. The van der Waals surface area contributed by atoms with Gasteiger partial charge in [-0.3, -0.25) is 4.79 Å². The van der Waals surface area contributed by atoms with Crippen molar-refractivity contribution in [2.75, 3.05) is 11.9 Å². The van der Waals surface area contributed by atoms with Crippen molar-refractivity contribution in [3.63, 3.8) is 0 Å². The SMILES string of the molecule is CC(C)(CN)C(=O)Nc1ccc(Br)c(F)c1.Cl. The predicted molar refractivity (Wildman–Crippen MR) is 72.8 cm³/mol. The summed E-state index contributed by atoms with van der Waals surface area (Å²) in [6.45, 7) is 3.70. The zero-order valence-electron chi connectivity index (χ0n) is 9.59. The lowest BCUT2D eigenvalue weighted by atomic mass is 9.92. The van der Waals surface area contributed by atoms with Crippen LogP contribution in [-0.2, 0) is 4.79 Å². The van der Waals surface area contributed by atoms with Crippen LogP contribution in [0.3, 0.4) is 0 Å². The average molecular weight is 326 g/mol. The van der Waals surface area contributed by atoms with Crippen LogP contribution in [0.15, 0.2) is 22.7 Å². The number of hydrogen-bond acceptors (Lipinski definition) is 2. The van der Waals surface area contributed by atoms with Gasteiger partial charge in [0.2, 0.25) is 5.91 Å². The fraction of sp³-hybridized carbons (Fsp3) is 0.364. The number of rotatable bonds is 3. The molecular formula is C11H15BrClFN2O. The number of nitrogens with two attached hydrogens (primary N) is 1. The number of anilines is 1. The molecule has 0 aliphatic rings. The van der Waals surface area contributed by atoms with Gasteiger partial charge in [0.25, 0.3) is 0 Å². The van der Waals surface area contributed by atoms with Crippen molar-refractivity contribution in [3.8, 4) is 0 Å². The third-order valence-corrected chi connectivity index (χ3v) is 2.95. The van der Waals surface area contributed by atoms with Crippen LogP contribution >= 0.6 is 28.3 Å². The Morgan fingerprint density at radius 3 is 2.59 bits per heavy atom. The number of carbonyl (C=O) groups is 1. The predicted octanol–water partition coefficient (Wildman–Crippen LogP) is 2.93. The molecule has 0 atom stereocenters. The first-order chi connectivity index (χ1) is 7.36. The summed E-state index contributed by atoms with van der Waals surface area (Å²) in [5.74, 6) is -0.639. The van der Waals surface area contributed by atoms with Crippen molar-refractivity contribution in [3.05, 3.63) is 28.5 Å². The topological polar surface area (TPSA) is 55.1 Å². The molecule has 0 saturated heterocycles. The van der Waals surface area contributed by atoms with E-state index < -0.39 is 11.2 Å². The molecule has 0 heterocycles. The molecule has 0 spiro atoms. The lowest BCUT2D eigenvalue weighted by Gasteiger charge is -2.21. The molecule has 1 rings (SSSR count). The summed E-state index contributed by atoms with van der Waals surface area (Å²) in [5.41, 5.74) is 5.23. The molecule has 0 aromatic heterocycles. The minimum Gasteiger partial charge on any atom is -0.329 e. The highest BCUT2D eigenvalue weighted by atomic mass is 79.9. The van der Waals surface area contributed by atoms with Crippen molar-refractivity contribution in [1.82, 2.24) is 0 Å². The molecule has 0 bridgehead atoms. The minimum atomic E-state index is -0.663. The first-order valence-corrected chi connectivity index (χ1v) is 5.62. The van der Waals surface area contributed by atoms with Gasteiger partial charge in [0.1, 0.15) is 5.82 Å². The van der Waals surface area contributed by atoms with Crippen molar-refractivity contribution in [2.24, 2.45) is 11.1 Å². The van der Waals surface area contributed by atoms with Crippen LogP contribution < -0.4 is 11.1 Å². The molecule has 0 unspecified atom stereocenters. The molecule has 0 fully saturated rings. The van der Waals surface area contributed by atoms with E-state index in [1.54, 1.807) is 26.0 Å². The van der Waals surface area contributed by atoms with Crippen LogP contribution in [0.25, 0.3) is 0 Å². The van der Waals surface area contributed by atoms with Crippen LogP contribution in [-0.4, -0.2) is 12.5 Å². The highest BCUT2D eigenvalue weighted by Gasteiger charge is 2.25. The molecule has 0 saturated carbocycles. The van der Waals surface area contributed by atoms with Gasteiger partial charge < -0.3 is 11.1 Å². The van der Waals surface area contributed by atoms with Gasteiger partial charge in [0.15, 0.2) is 0 Å². The standard InChI is InChI=1S/C11H14BrFN2O.ClH/c1-11(2,6-14)10(16)15-7-3-4-8(12)9(13)5-7;/h3-5H,6,14H2,1-2H3,(H,15,16);1H. The maximum Gasteiger partial charge on any atom is 0.231 e. The molecule has 1 amide bonds. The second-order valence-corrected chi connectivity index (χ2v) is 5.03. The van der Waals surface area contributed by atoms with E-state index in [9.17, 15) is 9.18 Å². The van der Waals surface area contributed by atoms with E-state index in [1.165, 1.54) is 6.07 Å². The highest BCUT2D eigenvalue weighted by Crippen LogP contribution is 2.21. The quantitative estimate of drug-likeness (QED) is 0.898. The van der Waals surface area contributed by atoms with Gasteiger partial charge in [-0.2, -0.15) is 0 Å². The Kier molecular flexibility index (Phi) is 6.09. The van der Waals surface area contributed by atoms with Crippen LogP contribution in [0.2, 0.25) is 0 Å². The minimum absolute atomic E-state index is 0. The number of carbonyl (C=O) groups excluding carboxylic acids is 1. The van der Waals surface area contributed by atoms with Crippen LogP contribution in [0.1, 0.15) is 13.8 Å². The fourth-order valence-electron chi connectivity index (χ4n) is 0.967. The summed E-state index contributed by atoms with van der Waals surface area (Å²) in [7, 11) is 0. The summed E-state index contributed by atoms with van der Waals surface area (Å²) < 4.78 is 13.5. The Bertz CT molecular complexity index is 412. The number of amides is 1. The summed E-state index contributed by atoms with van der Waals surface area (Å²) in [4.78, 5) is 11.7. The Morgan fingerprint density at radius 1 is 1.53 bits per heavy atom. The van der Waals surface area contributed by atoms with Gasteiger partial charge in [-0.15, -0.1) is 12.4 Å². The lowest BCUT2D eigenvalue weighted by Crippen LogP contribution is -2.37. The van der Waals surface area contributed by atoms with E-state index in [-0.39, 0.29) is 24.9 Å². The molecular weight excluding hydrogens is 310 g/mol. The highest BCUT2D eigenvalue weighted by molar-refractivity contribution is 9.10. The second-order valence-electron chi connectivity index (χ2n) is 4.17. The largest absolute Gasteiger partial charge is 0.329 e. The molecule has 0 aliphatic heterocycles. The van der Waals surface area contributed by atoms with Crippen LogP contribution in [0.5, 0.6) is 0 Å². The first kappa shape index (κ1) is 16.4. The number of hydrogen-bond donors (Lipinski definition) is 2. The molecule has 96 valence electrons. The van der Waals surface area contributed by atoms with Gasteiger partial charge in [-0.05, 0) is 48.0 Å². The van der Waals surface area contributed by atoms with E-state index in [0.29, 0.717) is 10.2 Å². The van der Waals surface area contributed by atoms with Gasteiger partial charge in [-0.25, -0.2) is 4.39 Å². The Balaban J connectivity index is 0.00000256. The molecule has 17 heavy (non-hydrogen) atoms. The Morgan fingerprint density at radius 2 is 2.12 bits per heavy atom. The zero-order chi connectivity index (χ0) is 12.3. The monoisotopic (exact) mass is 324 g/mol. The fourth-order valence-corrected chi connectivity index (χ4v) is 1.21. The van der Waals surface area contributed by atoms with E-state index in [0.717, 1.165) is 0 Å². The van der Waals surface area contributed by atoms with Crippen molar-refractivity contribution in [2.45, 2.75) is 13.8 Å². The number of nitrogens with one attached hydrogen (secondary N) is 1. The molecule has 0 aliphatic carbocycles. The second kappa shape index (κ2) is 6.33. The third-order valence-electron chi connectivity index (χ3n) is 2.30. The van der Waals surface area contributed by atoms with E-state index in [4.69, 9.17) is 5.73 Å². The zero-order valence-corrected chi connectivity index (χ0v) is 12.0. The van der Waals surface area contributed by atoms with Crippen molar-refractivity contribution < 1.29 is 9.18 Å². The lowest BCUT2D eigenvalue weighted by molar-refractivity contribution is -0.123. The van der Waals surface area contributed by atoms with E-state index >= 15 is 0 Å². The van der Waals surface area contributed by atoms with Gasteiger partial charge >= 0.3 is 0 Å². The maximum atomic E-state index is 13.2. The maximum absolute atomic E-state index is 13.2. The molecule has 3 N–H and O–H groups in total. The van der Waals surface area contributed by atoms with Crippen LogP contribution in [0, 0.1) is 11.2 Å². The Labute approximate surface area is 114 Å². The number of halogens is 3. The molecule has 3 nitrogen and oxygen atoms in total. The molecule has 1 aromatic carbocycles.